The number of carbonyl (C=O) groups excluding carboxylic acids is 1. The summed E-state index contributed by atoms with van der Waals surface area (Å²) >= 11 is 3.34. The van der Waals surface area contributed by atoms with E-state index in [2.05, 4.69) is 21.2 Å². The van der Waals surface area contributed by atoms with Crippen LogP contribution in [0.15, 0.2) is 89.4 Å². The van der Waals surface area contributed by atoms with Crippen LogP contribution in [-0.2, 0) is 33.5 Å². The maximum Gasteiger partial charge on any atom is 0.408 e. The summed E-state index contributed by atoms with van der Waals surface area (Å²) < 4.78 is 19.6. The SMILES string of the molecule is O=C(NC(Cc1ccccc1)P(=O)(O)CC(Cc1ccc(Br)cc1)C(=O)O)OCc1ccccc1. The summed E-state index contributed by atoms with van der Waals surface area (Å²) in [5.41, 5.74) is 2.24. The van der Waals surface area contributed by atoms with Crippen LogP contribution in [0.5, 0.6) is 0 Å². The number of halogens is 1. The summed E-state index contributed by atoms with van der Waals surface area (Å²) in [4.78, 5) is 35.5. The van der Waals surface area contributed by atoms with Gasteiger partial charge in [0.2, 0.25) is 7.37 Å². The maximum atomic E-state index is 13.5. The zero-order chi connectivity index (χ0) is 25.3. The number of hydrogen-bond acceptors (Lipinski definition) is 4. The highest BCUT2D eigenvalue weighted by molar-refractivity contribution is 9.10. The van der Waals surface area contributed by atoms with Crippen molar-refractivity contribution in [2.24, 2.45) is 5.92 Å². The average molecular weight is 560 g/mol. The second kappa shape index (κ2) is 12.7. The quantitative estimate of drug-likeness (QED) is 0.269. The number of nitrogens with one attached hydrogen (secondary N) is 1. The molecular formula is C26H27BrNO6P. The van der Waals surface area contributed by atoms with Crippen molar-refractivity contribution in [3.63, 3.8) is 0 Å². The largest absolute Gasteiger partial charge is 0.481 e. The van der Waals surface area contributed by atoms with E-state index in [1.165, 1.54) is 0 Å². The second-order valence-electron chi connectivity index (χ2n) is 8.22. The van der Waals surface area contributed by atoms with Gasteiger partial charge in [0, 0.05) is 17.1 Å². The molecule has 0 radical (unpaired) electrons. The summed E-state index contributed by atoms with van der Waals surface area (Å²) in [5, 5.41) is 12.3. The van der Waals surface area contributed by atoms with Crippen molar-refractivity contribution >= 4 is 35.4 Å². The van der Waals surface area contributed by atoms with E-state index < -0.39 is 37.3 Å². The number of aliphatic carboxylic acids is 1. The van der Waals surface area contributed by atoms with Gasteiger partial charge in [-0.3, -0.25) is 9.36 Å². The summed E-state index contributed by atoms with van der Waals surface area (Å²) in [6.45, 7) is 0.00176. The molecule has 9 heteroatoms. The predicted octanol–water partition coefficient (Wildman–Crippen LogP) is 5.46. The van der Waals surface area contributed by atoms with Crippen molar-refractivity contribution in [3.8, 4) is 0 Å². The van der Waals surface area contributed by atoms with Crippen LogP contribution < -0.4 is 5.32 Å². The third kappa shape index (κ3) is 8.66. The molecule has 0 spiro atoms. The van der Waals surface area contributed by atoms with E-state index in [9.17, 15) is 24.2 Å². The zero-order valence-corrected chi connectivity index (χ0v) is 21.4. The molecule has 184 valence electrons. The molecule has 3 atom stereocenters. The number of carboxylic acid groups (broad SMARTS) is 1. The first kappa shape index (κ1) is 26.7. The highest BCUT2D eigenvalue weighted by atomic mass is 79.9. The minimum absolute atomic E-state index is 0.00176. The number of rotatable bonds is 11. The smallest absolute Gasteiger partial charge is 0.408 e. The van der Waals surface area contributed by atoms with Crippen LogP contribution in [0.4, 0.5) is 4.79 Å². The minimum Gasteiger partial charge on any atom is -0.481 e. The molecule has 0 saturated heterocycles. The van der Waals surface area contributed by atoms with E-state index >= 15 is 0 Å². The van der Waals surface area contributed by atoms with E-state index in [1.807, 2.05) is 24.3 Å². The first-order chi connectivity index (χ1) is 16.7. The molecule has 3 N–H and O–H groups in total. The Bertz CT molecular complexity index is 1160. The van der Waals surface area contributed by atoms with Crippen LogP contribution in [0.2, 0.25) is 0 Å². The Morgan fingerprint density at radius 2 is 1.40 bits per heavy atom. The van der Waals surface area contributed by atoms with Crippen molar-refractivity contribution in [2.75, 3.05) is 6.16 Å². The van der Waals surface area contributed by atoms with E-state index in [0.29, 0.717) is 0 Å². The number of amides is 1. The number of hydrogen-bond donors (Lipinski definition) is 3. The van der Waals surface area contributed by atoms with Crippen molar-refractivity contribution in [1.82, 2.24) is 5.32 Å². The molecule has 3 unspecified atom stereocenters. The predicted molar refractivity (Wildman–Crippen MR) is 137 cm³/mol. The number of carboxylic acids is 1. The van der Waals surface area contributed by atoms with E-state index in [4.69, 9.17) is 4.74 Å². The normalized spacial score (nSPS) is 14.3. The molecule has 0 bridgehead atoms. The summed E-state index contributed by atoms with van der Waals surface area (Å²) in [7, 11) is -4.18. The van der Waals surface area contributed by atoms with Gasteiger partial charge in [-0.1, -0.05) is 88.7 Å². The Balaban J connectivity index is 1.75. The Morgan fingerprint density at radius 3 is 1.97 bits per heavy atom. The van der Waals surface area contributed by atoms with Crippen molar-refractivity contribution < 1.29 is 28.9 Å². The number of ether oxygens (including phenoxy) is 1. The van der Waals surface area contributed by atoms with Gasteiger partial charge in [-0.25, -0.2) is 4.79 Å². The van der Waals surface area contributed by atoms with Gasteiger partial charge in [0.05, 0.1) is 5.92 Å². The lowest BCUT2D eigenvalue weighted by Gasteiger charge is -2.26. The standard InChI is InChI=1S/C26H27BrNO6P/c27-23-13-11-20(12-14-23)15-22(25(29)30)18-35(32,33)24(16-19-7-3-1-4-8-19)28-26(31)34-17-21-9-5-2-6-10-21/h1-14,22,24H,15-18H2,(H,28,31)(H,29,30)(H,32,33). The van der Waals surface area contributed by atoms with E-state index in [1.54, 1.807) is 60.7 Å². The summed E-state index contributed by atoms with van der Waals surface area (Å²) in [6.07, 6.45) is -1.19. The third-order valence-electron chi connectivity index (χ3n) is 5.48. The Labute approximate surface area is 212 Å². The van der Waals surface area contributed by atoms with Gasteiger partial charge >= 0.3 is 12.1 Å². The van der Waals surface area contributed by atoms with Crippen LogP contribution in [0.25, 0.3) is 0 Å². The molecule has 7 nitrogen and oxygen atoms in total. The van der Waals surface area contributed by atoms with Gasteiger partial charge < -0.3 is 20.1 Å². The highest BCUT2D eigenvalue weighted by Gasteiger charge is 2.37. The van der Waals surface area contributed by atoms with Gasteiger partial charge in [-0.2, -0.15) is 0 Å². The van der Waals surface area contributed by atoms with Gasteiger partial charge in [-0.15, -0.1) is 0 Å². The molecule has 3 aromatic rings. The van der Waals surface area contributed by atoms with Crippen molar-refractivity contribution in [2.45, 2.75) is 25.2 Å². The maximum absolute atomic E-state index is 13.5. The van der Waals surface area contributed by atoms with E-state index in [0.717, 1.165) is 21.2 Å². The Hall–Kier alpha value is -2.93. The Morgan fingerprint density at radius 1 is 0.857 bits per heavy atom. The summed E-state index contributed by atoms with van der Waals surface area (Å²) in [6, 6.07) is 25.1. The molecule has 0 aliphatic rings. The van der Waals surface area contributed by atoms with Crippen LogP contribution in [0, 0.1) is 5.92 Å². The van der Waals surface area contributed by atoms with Crippen LogP contribution in [0.1, 0.15) is 16.7 Å². The molecule has 0 aliphatic carbocycles. The molecule has 3 rings (SSSR count). The molecule has 0 aromatic heterocycles. The lowest BCUT2D eigenvalue weighted by molar-refractivity contribution is -0.141. The highest BCUT2D eigenvalue weighted by Crippen LogP contribution is 2.48. The van der Waals surface area contributed by atoms with E-state index in [-0.39, 0.29) is 19.4 Å². The topological polar surface area (TPSA) is 113 Å². The average Bonchev–Trinajstić information content (AvgIpc) is 2.84. The monoisotopic (exact) mass is 559 g/mol. The lowest BCUT2D eigenvalue weighted by atomic mass is 10.0. The number of benzene rings is 3. The fourth-order valence-electron chi connectivity index (χ4n) is 3.61. The fraction of sp³-hybridized carbons (Fsp3) is 0.231. The van der Waals surface area contributed by atoms with Gasteiger partial charge in [-0.05, 0) is 35.2 Å². The molecule has 0 aliphatic heterocycles. The first-order valence-corrected chi connectivity index (χ1v) is 13.7. The molecule has 0 saturated carbocycles. The molecule has 1 amide bonds. The second-order valence-corrected chi connectivity index (χ2v) is 11.6. The molecule has 35 heavy (non-hydrogen) atoms. The first-order valence-electron chi connectivity index (χ1n) is 11.0. The minimum atomic E-state index is -4.18. The van der Waals surface area contributed by atoms with Crippen LogP contribution >= 0.6 is 23.3 Å². The number of carbonyl (C=O) groups is 2. The summed E-state index contributed by atoms with van der Waals surface area (Å²) in [5.74, 6) is -3.49. The molecule has 0 fully saturated rings. The van der Waals surface area contributed by atoms with Gasteiger partial charge in [0.25, 0.3) is 0 Å². The number of alkyl carbamates (subject to hydrolysis) is 1. The third-order valence-corrected chi connectivity index (χ3v) is 8.26. The molecular weight excluding hydrogens is 533 g/mol. The van der Waals surface area contributed by atoms with Gasteiger partial charge in [0.15, 0.2) is 0 Å². The van der Waals surface area contributed by atoms with Gasteiger partial charge in [0.1, 0.15) is 12.4 Å². The van der Waals surface area contributed by atoms with Crippen LogP contribution in [0.3, 0.4) is 0 Å². The molecule has 3 aromatic carbocycles. The molecule has 0 heterocycles. The van der Waals surface area contributed by atoms with Crippen molar-refractivity contribution in [3.05, 3.63) is 106 Å². The Kier molecular flexibility index (Phi) is 9.66. The van der Waals surface area contributed by atoms with Crippen LogP contribution in [-0.4, -0.2) is 34.0 Å². The fourth-order valence-corrected chi connectivity index (χ4v) is 5.85. The lowest BCUT2D eigenvalue weighted by Crippen LogP contribution is -2.38. The zero-order valence-electron chi connectivity index (χ0n) is 18.9. The van der Waals surface area contributed by atoms with Crippen molar-refractivity contribution in [1.29, 1.82) is 0 Å².